The van der Waals surface area contributed by atoms with Crippen molar-refractivity contribution in [3.05, 3.63) is 0 Å². The topological polar surface area (TPSA) is 125 Å². The van der Waals surface area contributed by atoms with E-state index in [1.54, 1.807) is 0 Å². The largest absolute Gasteiger partial charge is 0.463 e. The van der Waals surface area contributed by atoms with Crippen LogP contribution < -0.4 is 5.32 Å². The lowest BCUT2D eigenvalue weighted by atomic mass is 9.97. The molecule has 1 saturated heterocycles. The van der Waals surface area contributed by atoms with Crippen molar-refractivity contribution in [2.24, 2.45) is 0 Å². The molecule has 1 aliphatic heterocycles. The van der Waals surface area contributed by atoms with Gasteiger partial charge in [0, 0.05) is 12.8 Å². The molecule has 4 N–H and O–H groups in total. The molecule has 1 rings (SSSR count). The summed E-state index contributed by atoms with van der Waals surface area (Å²) in [6.07, 6.45) is -3.62. The van der Waals surface area contributed by atoms with Gasteiger partial charge in [0.2, 0.25) is 5.91 Å². The molecular weight excluding hydrogens is 294 g/mol. The molecule has 8 heteroatoms. The maximum absolute atomic E-state index is 11.5. The van der Waals surface area contributed by atoms with Crippen molar-refractivity contribution in [1.82, 2.24) is 5.32 Å². The summed E-state index contributed by atoms with van der Waals surface area (Å²) in [6, 6.07) is -1.13. The fraction of sp³-hybridized carbons (Fsp3) is 0.857. The molecule has 1 unspecified atom stereocenters. The first-order valence-corrected chi connectivity index (χ1v) is 7.55. The van der Waals surface area contributed by atoms with E-state index in [0.717, 1.165) is 0 Å². The number of ether oxygens (including phenoxy) is 2. The molecule has 1 fully saturated rings. The second-order valence-electron chi connectivity index (χ2n) is 5.32. The molecule has 5 atom stereocenters. The van der Waals surface area contributed by atoms with Gasteiger partial charge < -0.3 is 30.1 Å². The zero-order valence-electron chi connectivity index (χ0n) is 12.9. The standard InChI is InChI=1S/C14H25NO7/c1-3-5-9(16)15-11-13(19)12(18)8(22-14(11)20)7-21-10(17)6-4-2/h8,11-14,18-20H,3-7H2,1-2H3,(H,15,16)/t8-,11-,12-,13-,14?/m1/s1. The summed E-state index contributed by atoms with van der Waals surface area (Å²) in [4.78, 5) is 22.8. The van der Waals surface area contributed by atoms with Crippen LogP contribution in [0.15, 0.2) is 0 Å². The number of nitrogens with one attached hydrogen (secondary N) is 1. The summed E-state index contributed by atoms with van der Waals surface area (Å²) in [6.45, 7) is 3.37. The number of hydrogen-bond donors (Lipinski definition) is 4. The number of rotatable bonds is 7. The predicted molar refractivity (Wildman–Crippen MR) is 75.6 cm³/mol. The lowest BCUT2D eigenvalue weighted by molar-refractivity contribution is -0.255. The Kier molecular flexibility index (Phi) is 7.74. The van der Waals surface area contributed by atoms with E-state index < -0.39 is 36.6 Å². The summed E-state index contributed by atoms with van der Waals surface area (Å²) in [7, 11) is 0. The molecule has 128 valence electrons. The predicted octanol–water partition coefficient (Wildman–Crippen LogP) is -0.946. The van der Waals surface area contributed by atoms with E-state index in [2.05, 4.69) is 5.32 Å². The Morgan fingerprint density at radius 3 is 2.32 bits per heavy atom. The SMILES string of the molecule is CCCC(=O)N[C@H]1C(O)O[C@H](COC(=O)CCC)[C@@H](O)[C@@H]1O. The number of hydrogen-bond acceptors (Lipinski definition) is 7. The Bertz CT molecular complexity index is 374. The molecule has 0 bridgehead atoms. The summed E-state index contributed by atoms with van der Waals surface area (Å²) in [5, 5.41) is 32.3. The summed E-state index contributed by atoms with van der Waals surface area (Å²) < 4.78 is 10.1. The van der Waals surface area contributed by atoms with Gasteiger partial charge in [-0.05, 0) is 12.8 Å². The molecule has 0 aromatic heterocycles. The first kappa shape index (κ1) is 18.8. The number of aliphatic hydroxyl groups excluding tert-OH is 3. The maximum atomic E-state index is 11.5. The average Bonchev–Trinajstić information content (AvgIpc) is 2.46. The number of amides is 1. The second-order valence-corrected chi connectivity index (χ2v) is 5.32. The van der Waals surface area contributed by atoms with E-state index in [0.29, 0.717) is 12.8 Å². The van der Waals surface area contributed by atoms with Crippen LogP contribution in [0.1, 0.15) is 39.5 Å². The van der Waals surface area contributed by atoms with E-state index in [1.807, 2.05) is 13.8 Å². The fourth-order valence-corrected chi connectivity index (χ4v) is 2.18. The Labute approximate surface area is 129 Å². The molecule has 0 aromatic carbocycles. The Hall–Kier alpha value is -1.22. The van der Waals surface area contributed by atoms with Crippen LogP contribution in [0, 0.1) is 0 Å². The van der Waals surface area contributed by atoms with Crippen LogP contribution >= 0.6 is 0 Å². The van der Waals surface area contributed by atoms with Gasteiger partial charge in [-0.1, -0.05) is 13.8 Å². The molecule has 0 saturated carbocycles. The zero-order valence-corrected chi connectivity index (χ0v) is 12.9. The minimum Gasteiger partial charge on any atom is -0.463 e. The maximum Gasteiger partial charge on any atom is 0.305 e. The van der Waals surface area contributed by atoms with Crippen LogP contribution in [0.2, 0.25) is 0 Å². The van der Waals surface area contributed by atoms with E-state index in [-0.39, 0.29) is 25.4 Å². The highest BCUT2D eigenvalue weighted by Gasteiger charge is 2.44. The Balaban J connectivity index is 2.56. The molecule has 0 spiro atoms. The van der Waals surface area contributed by atoms with Gasteiger partial charge in [-0.2, -0.15) is 0 Å². The van der Waals surface area contributed by atoms with E-state index in [9.17, 15) is 24.9 Å². The van der Waals surface area contributed by atoms with Crippen LogP contribution in [0.3, 0.4) is 0 Å². The molecule has 0 aromatic rings. The van der Waals surface area contributed by atoms with Gasteiger partial charge in [0.1, 0.15) is 31.0 Å². The smallest absolute Gasteiger partial charge is 0.305 e. The van der Waals surface area contributed by atoms with Crippen LogP contribution in [-0.2, 0) is 19.1 Å². The van der Waals surface area contributed by atoms with Crippen molar-refractivity contribution in [1.29, 1.82) is 0 Å². The lowest BCUT2D eigenvalue weighted by Gasteiger charge is -2.40. The van der Waals surface area contributed by atoms with Gasteiger partial charge in [0.15, 0.2) is 6.29 Å². The first-order chi connectivity index (χ1) is 10.4. The van der Waals surface area contributed by atoms with Gasteiger partial charge in [-0.25, -0.2) is 0 Å². The van der Waals surface area contributed by atoms with Gasteiger partial charge in [-0.15, -0.1) is 0 Å². The van der Waals surface area contributed by atoms with Gasteiger partial charge >= 0.3 is 5.97 Å². The number of carbonyl (C=O) groups is 2. The van der Waals surface area contributed by atoms with Crippen molar-refractivity contribution >= 4 is 11.9 Å². The monoisotopic (exact) mass is 319 g/mol. The van der Waals surface area contributed by atoms with E-state index in [1.165, 1.54) is 0 Å². The van der Waals surface area contributed by atoms with Crippen molar-refractivity contribution in [2.75, 3.05) is 6.61 Å². The van der Waals surface area contributed by atoms with Crippen molar-refractivity contribution < 1.29 is 34.4 Å². The van der Waals surface area contributed by atoms with Gasteiger partial charge in [0.25, 0.3) is 0 Å². The highest BCUT2D eigenvalue weighted by atomic mass is 16.6. The Morgan fingerprint density at radius 2 is 1.73 bits per heavy atom. The second kappa shape index (κ2) is 9.04. The summed E-state index contributed by atoms with van der Waals surface area (Å²) in [5.74, 6) is -0.796. The number of carbonyl (C=O) groups excluding carboxylic acids is 2. The third-order valence-electron chi connectivity index (χ3n) is 3.39. The average molecular weight is 319 g/mol. The Morgan fingerprint density at radius 1 is 1.09 bits per heavy atom. The molecule has 1 heterocycles. The third-order valence-corrected chi connectivity index (χ3v) is 3.39. The molecule has 22 heavy (non-hydrogen) atoms. The van der Waals surface area contributed by atoms with Crippen molar-refractivity contribution in [3.8, 4) is 0 Å². The van der Waals surface area contributed by atoms with E-state index in [4.69, 9.17) is 9.47 Å². The molecule has 1 amide bonds. The van der Waals surface area contributed by atoms with Crippen LogP contribution in [0.25, 0.3) is 0 Å². The zero-order chi connectivity index (χ0) is 16.7. The number of aliphatic hydroxyl groups is 3. The van der Waals surface area contributed by atoms with Gasteiger partial charge in [-0.3, -0.25) is 9.59 Å². The minimum atomic E-state index is -1.49. The van der Waals surface area contributed by atoms with Crippen LogP contribution in [0.5, 0.6) is 0 Å². The summed E-state index contributed by atoms with van der Waals surface area (Å²) >= 11 is 0. The molecule has 8 nitrogen and oxygen atoms in total. The van der Waals surface area contributed by atoms with Crippen LogP contribution in [-0.4, -0.2) is 64.4 Å². The minimum absolute atomic E-state index is 0.240. The van der Waals surface area contributed by atoms with Crippen molar-refractivity contribution in [2.45, 2.75) is 70.2 Å². The highest BCUT2D eigenvalue weighted by Crippen LogP contribution is 2.20. The lowest BCUT2D eigenvalue weighted by Crippen LogP contribution is -2.64. The number of esters is 1. The molecule has 0 radical (unpaired) electrons. The molecular formula is C14H25NO7. The highest BCUT2D eigenvalue weighted by molar-refractivity contribution is 5.76. The van der Waals surface area contributed by atoms with Gasteiger partial charge in [0.05, 0.1) is 0 Å². The summed E-state index contributed by atoms with van der Waals surface area (Å²) in [5.41, 5.74) is 0. The van der Waals surface area contributed by atoms with Crippen LogP contribution in [0.4, 0.5) is 0 Å². The quantitative estimate of drug-likeness (QED) is 0.446. The fourth-order valence-electron chi connectivity index (χ4n) is 2.18. The molecule has 0 aliphatic carbocycles. The first-order valence-electron chi connectivity index (χ1n) is 7.55. The molecule has 1 aliphatic rings. The van der Waals surface area contributed by atoms with Crippen molar-refractivity contribution in [3.63, 3.8) is 0 Å². The normalized spacial score (nSPS) is 31.6. The third kappa shape index (κ3) is 5.20. The van der Waals surface area contributed by atoms with E-state index >= 15 is 0 Å².